The Bertz CT molecular complexity index is 708. The van der Waals surface area contributed by atoms with Crippen LogP contribution in [0.2, 0.25) is 10.0 Å². The number of carbonyl (C=O) groups excluding carboxylic acids is 2. The lowest BCUT2D eigenvalue weighted by Gasteiger charge is -2.28. The minimum Gasteiger partial charge on any atom is -0.461 e. The number of carbonyl (C=O) groups is 2. The number of hydrogen-bond acceptors (Lipinski definition) is 4. The minimum atomic E-state index is -0.909. The summed E-state index contributed by atoms with van der Waals surface area (Å²) in [4.78, 5) is 24.3. The minimum absolute atomic E-state index is 0.0400. The molecule has 0 aromatic heterocycles. The zero-order chi connectivity index (χ0) is 19.9. The van der Waals surface area contributed by atoms with Gasteiger partial charge in [0, 0.05) is 21.8 Å². The third kappa shape index (κ3) is 6.28. The maximum atomic E-state index is 12.2. The van der Waals surface area contributed by atoms with Gasteiger partial charge in [-0.3, -0.25) is 0 Å². The molecule has 0 unspecified atom stereocenters. The Hall–Kier alpha value is -1.46. The van der Waals surface area contributed by atoms with E-state index in [0.29, 0.717) is 21.2 Å². The summed E-state index contributed by atoms with van der Waals surface area (Å²) in [5, 5.41) is 1.02. The molecule has 0 aliphatic heterocycles. The predicted octanol–water partition coefficient (Wildman–Crippen LogP) is 5.47. The van der Waals surface area contributed by atoms with Gasteiger partial charge in [0.2, 0.25) is 0 Å². The third-order valence-corrected chi connectivity index (χ3v) is 5.38. The van der Waals surface area contributed by atoms with Crippen molar-refractivity contribution in [3.8, 4) is 0 Å². The van der Waals surface area contributed by atoms with Crippen molar-refractivity contribution in [1.82, 2.24) is 0 Å². The maximum Gasteiger partial charge on any atom is 0.338 e. The highest BCUT2D eigenvalue weighted by molar-refractivity contribution is 6.31. The lowest BCUT2D eigenvalue weighted by molar-refractivity contribution is 0.00824. The molecule has 0 spiro atoms. The molecule has 2 aromatic carbocycles. The summed E-state index contributed by atoms with van der Waals surface area (Å²) in [6, 6.07) is 12.5. The Morgan fingerprint density at radius 3 is 1.33 bits per heavy atom. The Kier molecular flexibility index (Phi) is 8.24. The van der Waals surface area contributed by atoms with Crippen LogP contribution in [0, 0.1) is 5.41 Å². The van der Waals surface area contributed by atoms with Gasteiger partial charge >= 0.3 is 11.9 Å². The van der Waals surface area contributed by atoms with Gasteiger partial charge in [-0.1, -0.05) is 23.2 Å². The second-order valence-corrected chi connectivity index (χ2v) is 7.34. The van der Waals surface area contributed by atoms with E-state index in [9.17, 15) is 9.59 Å². The van der Waals surface area contributed by atoms with Crippen LogP contribution in [0.3, 0.4) is 0 Å². The molecule has 0 aliphatic carbocycles. The second-order valence-electron chi connectivity index (χ2n) is 5.93. The Morgan fingerprint density at radius 1 is 0.704 bits per heavy atom. The van der Waals surface area contributed by atoms with E-state index in [-0.39, 0.29) is 25.0 Å². The Balaban J connectivity index is 1.97. The molecule has 0 bridgehead atoms. The summed E-state index contributed by atoms with van der Waals surface area (Å²) < 4.78 is 10.6. The highest BCUT2D eigenvalue weighted by atomic mass is 35.5. The van der Waals surface area contributed by atoms with Gasteiger partial charge in [-0.15, -0.1) is 23.2 Å². The number of alkyl halides is 2. The highest BCUT2D eigenvalue weighted by Crippen LogP contribution is 2.24. The molecule has 27 heavy (non-hydrogen) atoms. The van der Waals surface area contributed by atoms with Gasteiger partial charge in [0.25, 0.3) is 0 Å². The Labute approximate surface area is 177 Å². The zero-order valence-corrected chi connectivity index (χ0v) is 17.1. The van der Waals surface area contributed by atoms with Crippen LogP contribution in [0.5, 0.6) is 0 Å². The first kappa shape index (κ1) is 21.8. The predicted molar refractivity (Wildman–Crippen MR) is 107 cm³/mol. The molecule has 144 valence electrons. The summed E-state index contributed by atoms with van der Waals surface area (Å²) >= 11 is 23.6. The molecule has 0 atom stereocenters. The van der Waals surface area contributed by atoms with E-state index in [1.54, 1.807) is 48.5 Å². The summed E-state index contributed by atoms with van der Waals surface area (Å²) in [7, 11) is 0. The topological polar surface area (TPSA) is 52.6 Å². The summed E-state index contributed by atoms with van der Waals surface area (Å²) in [5.74, 6) is -1.01. The maximum absolute atomic E-state index is 12.2. The van der Waals surface area contributed by atoms with Gasteiger partial charge in [0.1, 0.15) is 13.2 Å². The SMILES string of the molecule is O=C(OCC(CCl)(CCl)COC(=O)c1ccc(Cl)cc1)c1ccc(Cl)cc1. The van der Waals surface area contributed by atoms with Crippen molar-refractivity contribution >= 4 is 58.3 Å². The second kappa shape index (κ2) is 10.2. The van der Waals surface area contributed by atoms with Crippen molar-refractivity contribution in [3.05, 3.63) is 69.7 Å². The number of ether oxygens (including phenoxy) is 2. The van der Waals surface area contributed by atoms with Gasteiger partial charge in [-0.05, 0) is 48.5 Å². The molecule has 0 N–H and O–H groups in total. The monoisotopic (exact) mass is 448 g/mol. The number of hydrogen-bond donors (Lipinski definition) is 0. The molecule has 0 aliphatic rings. The molecular weight excluding hydrogens is 434 g/mol. The van der Waals surface area contributed by atoms with Crippen LogP contribution in [0.15, 0.2) is 48.5 Å². The van der Waals surface area contributed by atoms with Crippen molar-refractivity contribution in [2.24, 2.45) is 5.41 Å². The normalized spacial score (nSPS) is 11.1. The Morgan fingerprint density at radius 2 is 1.04 bits per heavy atom. The first-order chi connectivity index (χ1) is 12.9. The molecule has 0 heterocycles. The average molecular weight is 450 g/mol. The molecule has 0 saturated carbocycles. The standard InChI is InChI=1S/C19H16Cl4O4/c20-9-19(10-21,11-26-17(24)13-1-5-15(22)6-2-13)12-27-18(25)14-3-7-16(23)8-4-14/h1-8H,9-12H2. The van der Waals surface area contributed by atoms with Crippen molar-refractivity contribution in [2.45, 2.75) is 0 Å². The smallest absolute Gasteiger partial charge is 0.338 e. The summed E-state index contributed by atoms with van der Waals surface area (Å²) in [5.41, 5.74) is -0.223. The first-order valence-electron chi connectivity index (χ1n) is 7.86. The van der Waals surface area contributed by atoms with E-state index in [4.69, 9.17) is 55.9 Å². The van der Waals surface area contributed by atoms with Gasteiger partial charge in [-0.25, -0.2) is 9.59 Å². The molecule has 2 rings (SSSR count). The lowest BCUT2D eigenvalue weighted by Crippen LogP contribution is -2.38. The quantitative estimate of drug-likeness (QED) is 0.396. The van der Waals surface area contributed by atoms with Crippen LogP contribution in [0.4, 0.5) is 0 Å². The van der Waals surface area contributed by atoms with Crippen molar-refractivity contribution < 1.29 is 19.1 Å². The van der Waals surface area contributed by atoms with E-state index in [0.717, 1.165) is 0 Å². The van der Waals surface area contributed by atoms with Crippen LogP contribution < -0.4 is 0 Å². The van der Waals surface area contributed by atoms with Gasteiger partial charge in [0.05, 0.1) is 16.5 Å². The fourth-order valence-corrected chi connectivity index (χ4v) is 2.85. The van der Waals surface area contributed by atoms with Crippen LogP contribution in [-0.4, -0.2) is 36.9 Å². The molecule has 0 radical (unpaired) electrons. The lowest BCUT2D eigenvalue weighted by atomic mass is 9.95. The highest BCUT2D eigenvalue weighted by Gasteiger charge is 2.33. The molecule has 0 saturated heterocycles. The first-order valence-corrected chi connectivity index (χ1v) is 9.69. The van der Waals surface area contributed by atoms with Crippen molar-refractivity contribution in [1.29, 1.82) is 0 Å². The fourth-order valence-electron chi connectivity index (χ4n) is 2.01. The molecule has 0 fully saturated rings. The van der Waals surface area contributed by atoms with E-state index < -0.39 is 17.4 Å². The molecular formula is C19H16Cl4O4. The van der Waals surface area contributed by atoms with Crippen LogP contribution in [-0.2, 0) is 9.47 Å². The zero-order valence-electron chi connectivity index (χ0n) is 14.1. The third-order valence-electron chi connectivity index (χ3n) is 3.75. The molecule has 4 nitrogen and oxygen atoms in total. The van der Waals surface area contributed by atoms with E-state index in [2.05, 4.69) is 0 Å². The fraction of sp³-hybridized carbons (Fsp3) is 0.263. The van der Waals surface area contributed by atoms with E-state index in [1.807, 2.05) is 0 Å². The van der Waals surface area contributed by atoms with Crippen molar-refractivity contribution in [3.63, 3.8) is 0 Å². The molecule has 2 aromatic rings. The summed E-state index contributed by atoms with van der Waals surface area (Å²) in [6.07, 6.45) is 0. The summed E-state index contributed by atoms with van der Waals surface area (Å²) in [6.45, 7) is -0.204. The number of esters is 2. The van der Waals surface area contributed by atoms with Gasteiger partial charge in [0.15, 0.2) is 0 Å². The van der Waals surface area contributed by atoms with E-state index in [1.165, 1.54) is 0 Å². The number of halogens is 4. The number of benzene rings is 2. The largest absolute Gasteiger partial charge is 0.461 e. The van der Waals surface area contributed by atoms with E-state index >= 15 is 0 Å². The van der Waals surface area contributed by atoms with Crippen LogP contribution in [0.25, 0.3) is 0 Å². The van der Waals surface area contributed by atoms with Crippen LogP contribution >= 0.6 is 46.4 Å². The van der Waals surface area contributed by atoms with Gasteiger partial charge < -0.3 is 9.47 Å². The van der Waals surface area contributed by atoms with Gasteiger partial charge in [-0.2, -0.15) is 0 Å². The van der Waals surface area contributed by atoms with Crippen molar-refractivity contribution in [2.75, 3.05) is 25.0 Å². The molecule has 8 heteroatoms. The van der Waals surface area contributed by atoms with Crippen LogP contribution in [0.1, 0.15) is 20.7 Å². The number of rotatable bonds is 8. The average Bonchev–Trinajstić information content (AvgIpc) is 2.69. The molecule has 0 amide bonds.